The first kappa shape index (κ1) is 22.1. The van der Waals surface area contributed by atoms with Crippen molar-refractivity contribution in [2.45, 2.75) is 45.2 Å². The second-order valence-corrected chi connectivity index (χ2v) is 8.70. The molecule has 2 amide bonds. The first-order valence-electron chi connectivity index (χ1n) is 11.4. The van der Waals surface area contributed by atoms with Gasteiger partial charge in [-0.3, -0.25) is 9.59 Å². The van der Waals surface area contributed by atoms with E-state index in [1.54, 1.807) is 23.1 Å². The summed E-state index contributed by atoms with van der Waals surface area (Å²) in [6.45, 7) is 2.62. The van der Waals surface area contributed by atoms with Gasteiger partial charge in [0.2, 0.25) is 5.91 Å². The maximum absolute atomic E-state index is 14.8. The Bertz CT molecular complexity index is 1270. The number of aliphatic hydroxyl groups is 1. The number of aromatic nitrogens is 4. The van der Waals surface area contributed by atoms with E-state index in [0.29, 0.717) is 24.5 Å². The van der Waals surface area contributed by atoms with Gasteiger partial charge in [0.05, 0.1) is 12.2 Å². The molecule has 2 N–H and O–H groups in total. The first-order valence-corrected chi connectivity index (χ1v) is 11.4. The molecule has 5 rings (SSSR count). The SMILES string of the molecule is C[C@@H]1CCc2nnc(-c3cccc(NC(=O)c4cc5c(cc4F)CCN(C(=O)CCO)C5)n3)n21. The number of fused-ring (bicyclic) bond motifs is 2. The standard InChI is InChI=1S/C24H25FN6O3/c1-14-5-6-21-28-29-23(31(14)21)19-3-2-4-20(26-19)27-24(34)17-11-16-13-30(22(33)8-10-32)9-7-15(16)12-18(17)25/h2-4,11-12,14,32H,5-10,13H2,1H3,(H,26,27,34)/t14-/m1/s1. The van der Waals surface area contributed by atoms with Crippen LogP contribution in [0.3, 0.4) is 0 Å². The summed E-state index contributed by atoms with van der Waals surface area (Å²) in [7, 11) is 0. The maximum atomic E-state index is 14.8. The van der Waals surface area contributed by atoms with E-state index in [0.717, 1.165) is 29.8 Å². The molecule has 34 heavy (non-hydrogen) atoms. The van der Waals surface area contributed by atoms with E-state index in [4.69, 9.17) is 5.11 Å². The minimum Gasteiger partial charge on any atom is -0.396 e. The molecule has 3 aromatic rings. The van der Waals surface area contributed by atoms with Crippen LogP contribution in [0, 0.1) is 5.82 Å². The number of anilines is 1. The molecule has 0 saturated carbocycles. The first-order chi connectivity index (χ1) is 16.4. The number of hydrogen-bond donors (Lipinski definition) is 2. The van der Waals surface area contributed by atoms with Crippen molar-refractivity contribution in [3.05, 3.63) is 58.7 Å². The van der Waals surface area contributed by atoms with Crippen molar-refractivity contribution in [1.29, 1.82) is 0 Å². The predicted molar refractivity (Wildman–Crippen MR) is 121 cm³/mol. The molecule has 176 valence electrons. The third-order valence-electron chi connectivity index (χ3n) is 6.44. The summed E-state index contributed by atoms with van der Waals surface area (Å²) in [5, 5.41) is 20.2. The summed E-state index contributed by atoms with van der Waals surface area (Å²) >= 11 is 0. The molecule has 2 aliphatic rings. The molecule has 0 unspecified atom stereocenters. The average Bonchev–Trinajstić information content (AvgIpc) is 3.41. The predicted octanol–water partition coefficient (Wildman–Crippen LogP) is 2.51. The minimum atomic E-state index is -0.622. The van der Waals surface area contributed by atoms with Crippen LogP contribution in [0.1, 0.15) is 53.1 Å². The van der Waals surface area contributed by atoms with Gasteiger partial charge in [-0.1, -0.05) is 6.07 Å². The fraction of sp³-hybridized carbons (Fsp3) is 0.375. The van der Waals surface area contributed by atoms with Gasteiger partial charge in [0.1, 0.15) is 23.2 Å². The van der Waals surface area contributed by atoms with Gasteiger partial charge in [-0.25, -0.2) is 9.37 Å². The number of rotatable bonds is 5. The van der Waals surface area contributed by atoms with Crippen molar-refractivity contribution in [3.8, 4) is 11.5 Å². The van der Waals surface area contributed by atoms with E-state index in [1.807, 2.05) is 0 Å². The van der Waals surface area contributed by atoms with Crippen LogP contribution in [0.25, 0.3) is 11.5 Å². The number of carbonyl (C=O) groups excluding carboxylic acids is 2. The van der Waals surface area contributed by atoms with Crippen molar-refractivity contribution >= 4 is 17.6 Å². The fourth-order valence-corrected chi connectivity index (χ4v) is 4.63. The van der Waals surface area contributed by atoms with E-state index < -0.39 is 11.7 Å². The van der Waals surface area contributed by atoms with E-state index >= 15 is 0 Å². The number of aryl methyl sites for hydroxylation is 1. The van der Waals surface area contributed by atoms with Gasteiger partial charge in [0, 0.05) is 32.0 Å². The molecule has 0 bridgehead atoms. The molecule has 0 spiro atoms. The Morgan fingerprint density at radius 3 is 2.88 bits per heavy atom. The van der Waals surface area contributed by atoms with Crippen molar-refractivity contribution in [2.24, 2.45) is 0 Å². The highest BCUT2D eigenvalue weighted by Gasteiger charge is 2.26. The van der Waals surface area contributed by atoms with Crippen molar-refractivity contribution < 1.29 is 19.1 Å². The third kappa shape index (κ3) is 4.05. The number of nitrogens with one attached hydrogen (secondary N) is 1. The molecule has 2 aromatic heterocycles. The number of pyridine rings is 1. The van der Waals surface area contributed by atoms with E-state index in [-0.39, 0.29) is 42.9 Å². The van der Waals surface area contributed by atoms with Gasteiger partial charge in [-0.15, -0.1) is 10.2 Å². The van der Waals surface area contributed by atoms with Crippen LogP contribution >= 0.6 is 0 Å². The lowest BCUT2D eigenvalue weighted by atomic mass is 9.96. The molecule has 9 nitrogen and oxygen atoms in total. The maximum Gasteiger partial charge on any atom is 0.259 e. The van der Waals surface area contributed by atoms with Gasteiger partial charge < -0.3 is 19.9 Å². The highest BCUT2D eigenvalue weighted by molar-refractivity contribution is 6.04. The lowest BCUT2D eigenvalue weighted by Crippen LogP contribution is -2.36. The van der Waals surface area contributed by atoms with Gasteiger partial charge in [-0.05, 0) is 55.2 Å². The van der Waals surface area contributed by atoms with Crippen LogP contribution in [0.5, 0.6) is 0 Å². The fourth-order valence-electron chi connectivity index (χ4n) is 4.63. The monoisotopic (exact) mass is 464 g/mol. The van der Waals surface area contributed by atoms with Crippen molar-refractivity contribution in [3.63, 3.8) is 0 Å². The third-order valence-corrected chi connectivity index (χ3v) is 6.44. The number of nitrogens with zero attached hydrogens (tertiary/aromatic N) is 5. The smallest absolute Gasteiger partial charge is 0.259 e. The highest BCUT2D eigenvalue weighted by Crippen LogP contribution is 2.30. The van der Waals surface area contributed by atoms with Crippen LogP contribution in [0.15, 0.2) is 30.3 Å². The van der Waals surface area contributed by atoms with Crippen LogP contribution in [-0.4, -0.2) is 54.7 Å². The normalized spacial score (nSPS) is 16.8. The Kier molecular flexibility index (Phi) is 5.82. The summed E-state index contributed by atoms with van der Waals surface area (Å²) in [6, 6.07) is 8.33. The van der Waals surface area contributed by atoms with Crippen LogP contribution in [0.4, 0.5) is 10.2 Å². The summed E-state index contributed by atoms with van der Waals surface area (Å²) in [5.41, 5.74) is 1.96. The topological polar surface area (TPSA) is 113 Å². The highest BCUT2D eigenvalue weighted by atomic mass is 19.1. The van der Waals surface area contributed by atoms with Gasteiger partial charge in [0.15, 0.2) is 5.82 Å². The summed E-state index contributed by atoms with van der Waals surface area (Å²) in [5.74, 6) is 0.432. The Balaban J connectivity index is 1.37. The number of amides is 2. The molecule has 10 heteroatoms. The lowest BCUT2D eigenvalue weighted by molar-refractivity contribution is -0.132. The number of aliphatic hydroxyl groups excluding tert-OH is 1. The summed E-state index contributed by atoms with van der Waals surface area (Å²) in [4.78, 5) is 31.2. The molecule has 0 aliphatic carbocycles. The number of halogens is 1. The summed E-state index contributed by atoms with van der Waals surface area (Å²) < 4.78 is 16.8. The van der Waals surface area contributed by atoms with Gasteiger partial charge in [0.25, 0.3) is 5.91 Å². The zero-order chi connectivity index (χ0) is 23.8. The Morgan fingerprint density at radius 2 is 2.06 bits per heavy atom. The van der Waals surface area contributed by atoms with Crippen LogP contribution < -0.4 is 5.32 Å². The minimum absolute atomic E-state index is 0.0416. The molecule has 2 aliphatic heterocycles. The van der Waals surface area contributed by atoms with E-state index in [9.17, 15) is 14.0 Å². The van der Waals surface area contributed by atoms with Gasteiger partial charge in [-0.2, -0.15) is 0 Å². The number of hydrogen-bond acceptors (Lipinski definition) is 6. The zero-order valence-corrected chi connectivity index (χ0v) is 18.8. The Labute approximate surface area is 195 Å². The Morgan fingerprint density at radius 1 is 1.21 bits per heavy atom. The second kappa shape index (κ2) is 8.94. The largest absolute Gasteiger partial charge is 0.396 e. The van der Waals surface area contributed by atoms with Crippen LogP contribution in [-0.2, 0) is 24.2 Å². The average molecular weight is 465 g/mol. The molecule has 1 atom stereocenters. The quantitative estimate of drug-likeness (QED) is 0.600. The van der Waals surface area contributed by atoms with Gasteiger partial charge >= 0.3 is 0 Å². The molecule has 0 saturated heterocycles. The van der Waals surface area contributed by atoms with Crippen molar-refractivity contribution in [1.82, 2.24) is 24.6 Å². The lowest BCUT2D eigenvalue weighted by Gasteiger charge is -2.29. The van der Waals surface area contributed by atoms with Crippen LogP contribution in [0.2, 0.25) is 0 Å². The second-order valence-electron chi connectivity index (χ2n) is 8.70. The molecule has 4 heterocycles. The number of carbonyl (C=O) groups is 2. The zero-order valence-electron chi connectivity index (χ0n) is 18.8. The molecule has 1 aromatic carbocycles. The van der Waals surface area contributed by atoms with Crippen molar-refractivity contribution in [2.75, 3.05) is 18.5 Å². The molecule has 0 fully saturated rings. The number of benzene rings is 1. The molecular weight excluding hydrogens is 439 g/mol. The van der Waals surface area contributed by atoms with E-state index in [2.05, 4.69) is 32.0 Å². The molecule has 0 radical (unpaired) electrons. The van der Waals surface area contributed by atoms with E-state index in [1.165, 1.54) is 12.1 Å². The molecular formula is C24H25FN6O3. The summed E-state index contributed by atoms with van der Waals surface area (Å²) in [6.07, 6.45) is 2.40. The Hall–Kier alpha value is -3.66.